The van der Waals surface area contributed by atoms with Crippen LogP contribution in [-0.2, 0) is 14.3 Å². The van der Waals surface area contributed by atoms with Gasteiger partial charge in [-0.2, -0.15) is 0 Å². The van der Waals surface area contributed by atoms with E-state index in [1.54, 1.807) is 6.92 Å². The molecule has 2 fully saturated rings. The van der Waals surface area contributed by atoms with E-state index in [0.717, 1.165) is 6.42 Å². The summed E-state index contributed by atoms with van der Waals surface area (Å²) in [6, 6.07) is 0. The Bertz CT molecular complexity index is 272. The van der Waals surface area contributed by atoms with Crippen molar-refractivity contribution in [2.24, 2.45) is 0 Å². The van der Waals surface area contributed by atoms with Crippen LogP contribution < -0.4 is 0 Å². The minimum absolute atomic E-state index is 0.0153. The minimum Gasteiger partial charge on any atom is -0.481 e. The molecule has 92 valence electrons. The van der Waals surface area contributed by atoms with Gasteiger partial charge < -0.3 is 19.7 Å². The summed E-state index contributed by atoms with van der Waals surface area (Å²) < 4.78 is 11.1. The van der Waals surface area contributed by atoms with Crippen molar-refractivity contribution in [3.63, 3.8) is 0 Å². The number of carboxylic acids is 1. The Hall–Kier alpha value is -0.650. The SMILES string of the molecule is CC(O)C[C@@H]1C[C@]2(CO2)CC(CC(=O)O)O1. The smallest absolute Gasteiger partial charge is 0.305 e. The van der Waals surface area contributed by atoms with Gasteiger partial charge in [-0.3, -0.25) is 4.79 Å². The maximum atomic E-state index is 10.7. The van der Waals surface area contributed by atoms with E-state index < -0.39 is 12.1 Å². The number of carbonyl (C=O) groups is 1. The largest absolute Gasteiger partial charge is 0.481 e. The highest BCUT2D eigenvalue weighted by atomic mass is 16.6. The molecule has 2 rings (SSSR count). The van der Waals surface area contributed by atoms with Crippen LogP contribution in [0.4, 0.5) is 0 Å². The lowest BCUT2D eigenvalue weighted by atomic mass is 9.89. The molecule has 0 aromatic heterocycles. The Morgan fingerprint density at radius 1 is 1.50 bits per heavy atom. The molecule has 2 heterocycles. The predicted molar refractivity (Wildman–Crippen MR) is 55.1 cm³/mol. The Kier molecular flexibility index (Phi) is 3.19. The van der Waals surface area contributed by atoms with Crippen LogP contribution in [0.3, 0.4) is 0 Å². The second-order valence-corrected chi connectivity index (χ2v) is 4.94. The molecular weight excluding hydrogens is 212 g/mol. The van der Waals surface area contributed by atoms with Crippen molar-refractivity contribution in [2.45, 2.75) is 56.5 Å². The van der Waals surface area contributed by atoms with Crippen LogP contribution in [0.2, 0.25) is 0 Å². The highest BCUT2D eigenvalue weighted by Gasteiger charge is 2.51. The number of aliphatic hydroxyl groups excluding tert-OH is 1. The van der Waals surface area contributed by atoms with Gasteiger partial charge in [0.1, 0.15) is 0 Å². The van der Waals surface area contributed by atoms with Crippen LogP contribution >= 0.6 is 0 Å². The number of ether oxygens (including phenoxy) is 2. The Morgan fingerprint density at radius 3 is 2.62 bits per heavy atom. The Balaban J connectivity index is 1.93. The van der Waals surface area contributed by atoms with Crippen molar-refractivity contribution in [3.05, 3.63) is 0 Å². The van der Waals surface area contributed by atoms with Crippen molar-refractivity contribution in [1.82, 2.24) is 0 Å². The molecule has 2 saturated heterocycles. The zero-order valence-corrected chi connectivity index (χ0v) is 9.39. The minimum atomic E-state index is -0.849. The lowest BCUT2D eigenvalue weighted by molar-refractivity contribution is -0.146. The van der Waals surface area contributed by atoms with E-state index in [9.17, 15) is 9.90 Å². The third kappa shape index (κ3) is 2.93. The average Bonchev–Trinajstić information content (AvgIpc) is 2.80. The van der Waals surface area contributed by atoms with E-state index in [2.05, 4.69) is 0 Å². The third-order valence-electron chi connectivity index (χ3n) is 3.14. The number of carboxylic acid groups (broad SMARTS) is 1. The molecule has 2 aliphatic rings. The zero-order chi connectivity index (χ0) is 11.8. The summed E-state index contributed by atoms with van der Waals surface area (Å²) in [7, 11) is 0. The van der Waals surface area contributed by atoms with Gasteiger partial charge in [0.05, 0.1) is 36.9 Å². The normalized spacial score (nSPS) is 39.6. The fourth-order valence-corrected chi connectivity index (χ4v) is 2.45. The quantitative estimate of drug-likeness (QED) is 0.689. The molecular formula is C11H18O5. The maximum Gasteiger partial charge on any atom is 0.305 e. The Morgan fingerprint density at radius 2 is 2.12 bits per heavy atom. The first kappa shape index (κ1) is 11.8. The van der Waals surface area contributed by atoms with Gasteiger partial charge >= 0.3 is 5.97 Å². The standard InChI is InChI=1S/C11H18O5/c1-7(12)2-8-4-11(6-15-11)5-9(16-8)3-10(13)14/h7-9,12H,2-6H2,1H3,(H,13,14)/t7?,8-,9?,11-/m1/s1. The van der Waals surface area contributed by atoms with Crippen LogP contribution in [0, 0.1) is 0 Å². The van der Waals surface area contributed by atoms with E-state index >= 15 is 0 Å². The molecule has 0 bridgehead atoms. The summed E-state index contributed by atoms with van der Waals surface area (Å²) in [5, 5.41) is 18.1. The van der Waals surface area contributed by atoms with Gasteiger partial charge in [0, 0.05) is 12.8 Å². The second-order valence-electron chi connectivity index (χ2n) is 4.94. The van der Waals surface area contributed by atoms with Gasteiger partial charge in [0.15, 0.2) is 0 Å². The molecule has 0 aromatic rings. The molecule has 0 radical (unpaired) electrons. The van der Waals surface area contributed by atoms with Crippen molar-refractivity contribution in [2.75, 3.05) is 6.61 Å². The average molecular weight is 230 g/mol. The van der Waals surface area contributed by atoms with E-state index in [-0.39, 0.29) is 24.2 Å². The zero-order valence-electron chi connectivity index (χ0n) is 9.39. The topological polar surface area (TPSA) is 79.3 Å². The van der Waals surface area contributed by atoms with E-state index in [1.807, 2.05) is 0 Å². The number of aliphatic carboxylic acids is 1. The molecule has 0 saturated carbocycles. The summed E-state index contributed by atoms with van der Waals surface area (Å²) in [5.41, 5.74) is -0.155. The molecule has 0 aliphatic carbocycles. The molecule has 5 heteroatoms. The summed E-state index contributed by atoms with van der Waals surface area (Å²) in [6.07, 6.45) is 1.20. The summed E-state index contributed by atoms with van der Waals surface area (Å²) in [4.78, 5) is 10.7. The molecule has 2 N–H and O–H groups in total. The highest BCUT2D eigenvalue weighted by Crippen LogP contribution is 2.43. The molecule has 16 heavy (non-hydrogen) atoms. The summed E-state index contributed by atoms with van der Waals surface area (Å²) in [6.45, 7) is 2.41. The number of hydrogen-bond acceptors (Lipinski definition) is 4. The van der Waals surface area contributed by atoms with Crippen LogP contribution in [0.15, 0.2) is 0 Å². The fraction of sp³-hybridized carbons (Fsp3) is 0.909. The fourth-order valence-electron chi connectivity index (χ4n) is 2.45. The molecule has 5 nitrogen and oxygen atoms in total. The lowest BCUT2D eigenvalue weighted by Crippen LogP contribution is -2.40. The maximum absolute atomic E-state index is 10.7. The Labute approximate surface area is 94.4 Å². The first-order valence-electron chi connectivity index (χ1n) is 5.68. The van der Waals surface area contributed by atoms with Crippen LogP contribution in [-0.4, -0.2) is 46.7 Å². The van der Waals surface area contributed by atoms with Crippen molar-refractivity contribution < 1.29 is 24.5 Å². The lowest BCUT2D eigenvalue weighted by Gasteiger charge is -2.34. The molecule has 4 atom stereocenters. The predicted octanol–water partition coefficient (Wildman–Crippen LogP) is 0.549. The van der Waals surface area contributed by atoms with Crippen molar-refractivity contribution >= 4 is 5.97 Å². The summed E-state index contributed by atoms with van der Waals surface area (Å²) >= 11 is 0. The number of rotatable bonds is 4. The van der Waals surface area contributed by atoms with Gasteiger partial charge in [-0.1, -0.05) is 0 Å². The van der Waals surface area contributed by atoms with Gasteiger partial charge in [0.25, 0.3) is 0 Å². The number of epoxide rings is 1. The summed E-state index contributed by atoms with van der Waals surface area (Å²) in [5.74, 6) is -0.849. The first-order chi connectivity index (χ1) is 7.49. The van der Waals surface area contributed by atoms with Gasteiger partial charge in [-0.25, -0.2) is 0 Å². The van der Waals surface area contributed by atoms with Crippen molar-refractivity contribution in [1.29, 1.82) is 0 Å². The second kappa shape index (κ2) is 4.31. The van der Waals surface area contributed by atoms with Crippen LogP contribution in [0.25, 0.3) is 0 Å². The highest BCUT2D eigenvalue weighted by molar-refractivity contribution is 5.67. The monoisotopic (exact) mass is 230 g/mol. The van der Waals surface area contributed by atoms with Crippen LogP contribution in [0.1, 0.15) is 32.6 Å². The number of hydrogen-bond donors (Lipinski definition) is 2. The number of aliphatic hydroxyl groups is 1. The molecule has 2 unspecified atom stereocenters. The van der Waals surface area contributed by atoms with Crippen LogP contribution in [0.5, 0.6) is 0 Å². The molecule has 0 aromatic carbocycles. The van der Waals surface area contributed by atoms with E-state index in [4.69, 9.17) is 14.6 Å². The van der Waals surface area contributed by atoms with Gasteiger partial charge in [-0.05, 0) is 13.3 Å². The van der Waals surface area contributed by atoms with Crippen molar-refractivity contribution in [3.8, 4) is 0 Å². The first-order valence-corrected chi connectivity index (χ1v) is 5.68. The van der Waals surface area contributed by atoms with Gasteiger partial charge in [-0.15, -0.1) is 0 Å². The van der Waals surface area contributed by atoms with Gasteiger partial charge in [0.2, 0.25) is 0 Å². The molecule has 0 amide bonds. The molecule has 1 spiro atoms. The van der Waals surface area contributed by atoms with E-state index in [1.165, 1.54) is 0 Å². The van der Waals surface area contributed by atoms with E-state index in [0.29, 0.717) is 19.4 Å². The molecule has 2 aliphatic heterocycles. The third-order valence-corrected chi connectivity index (χ3v) is 3.14.